The van der Waals surface area contributed by atoms with Crippen molar-refractivity contribution < 1.29 is 9.85 Å². The van der Waals surface area contributed by atoms with Gasteiger partial charge in [-0.25, -0.2) is 0 Å². The number of hydrogen-bond acceptors (Lipinski definition) is 4. The average molecular weight is 300 g/mol. The van der Waals surface area contributed by atoms with E-state index in [1.54, 1.807) is 24.3 Å². The lowest BCUT2D eigenvalue weighted by Crippen LogP contribution is -2.05. The van der Waals surface area contributed by atoms with Crippen LogP contribution in [0.2, 0.25) is 0 Å². The maximum Gasteiger partial charge on any atom is 0.269 e. The van der Waals surface area contributed by atoms with Crippen LogP contribution in [0.25, 0.3) is 0 Å². The molecule has 6 nitrogen and oxygen atoms in total. The minimum absolute atomic E-state index is 0.0685. The lowest BCUT2D eigenvalue weighted by Gasteiger charge is -2.20. The molecule has 0 saturated heterocycles. The summed E-state index contributed by atoms with van der Waals surface area (Å²) >= 11 is 0. The van der Waals surface area contributed by atoms with Crippen LogP contribution >= 0.6 is 0 Å². The molecule has 6 heteroatoms. The zero-order valence-electron chi connectivity index (χ0n) is 12.3. The first kappa shape index (κ1) is 15.6. The summed E-state index contributed by atoms with van der Waals surface area (Å²) in [7, 11) is 0. The van der Waals surface area contributed by atoms with Crippen molar-refractivity contribution in [1.29, 1.82) is 0 Å². The fourth-order valence-corrected chi connectivity index (χ4v) is 2.38. The van der Waals surface area contributed by atoms with Crippen LogP contribution in [-0.4, -0.2) is 9.85 Å². The van der Waals surface area contributed by atoms with E-state index in [0.717, 1.165) is 11.1 Å². The standard InChI is InChI=1S/C16H16N2O4/c1-11(13-3-7-15(8-4-13)17(19)20)12(2)14-5-9-16(10-6-14)18(21)22/h3-12H,1-2H3/t11-,12+. The van der Waals surface area contributed by atoms with E-state index in [2.05, 4.69) is 0 Å². The second-order valence-electron chi connectivity index (χ2n) is 5.27. The van der Waals surface area contributed by atoms with Crippen molar-refractivity contribution in [3.63, 3.8) is 0 Å². The van der Waals surface area contributed by atoms with Crippen LogP contribution in [0.5, 0.6) is 0 Å². The summed E-state index contributed by atoms with van der Waals surface area (Å²) in [6.45, 7) is 4.07. The van der Waals surface area contributed by atoms with E-state index in [-0.39, 0.29) is 23.2 Å². The maximum atomic E-state index is 10.7. The first-order chi connectivity index (χ1) is 10.4. The molecule has 114 valence electrons. The summed E-state index contributed by atoms with van der Waals surface area (Å²) < 4.78 is 0. The molecule has 0 saturated carbocycles. The summed E-state index contributed by atoms with van der Waals surface area (Å²) in [6, 6.07) is 13.0. The molecule has 0 aromatic heterocycles. The summed E-state index contributed by atoms with van der Waals surface area (Å²) in [5.41, 5.74) is 2.13. The van der Waals surface area contributed by atoms with Crippen molar-refractivity contribution in [2.45, 2.75) is 25.7 Å². The molecule has 0 unspecified atom stereocenters. The molecule has 22 heavy (non-hydrogen) atoms. The number of rotatable bonds is 5. The monoisotopic (exact) mass is 300 g/mol. The Morgan fingerprint density at radius 1 is 0.682 bits per heavy atom. The third-order valence-corrected chi connectivity index (χ3v) is 4.01. The lowest BCUT2D eigenvalue weighted by atomic mass is 9.84. The van der Waals surface area contributed by atoms with Crippen molar-refractivity contribution in [3.8, 4) is 0 Å². The molecular weight excluding hydrogens is 284 g/mol. The first-order valence-corrected chi connectivity index (χ1v) is 6.89. The second-order valence-corrected chi connectivity index (χ2v) is 5.27. The Balaban J connectivity index is 2.18. The van der Waals surface area contributed by atoms with Gasteiger partial charge in [0.05, 0.1) is 9.85 Å². The van der Waals surface area contributed by atoms with Crippen LogP contribution in [0.1, 0.15) is 36.8 Å². The predicted molar refractivity (Wildman–Crippen MR) is 83.0 cm³/mol. The smallest absolute Gasteiger partial charge is 0.258 e. The van der Waals surface area contributed by atoms with Crippen molar-refractivity contribution in [3.05, 3.63) is 79.9 Å². The zero-order valence-corrected chi connectivity index (χ0v) is 12.3. The van der Waals surface area contributed by atoms with Gasteiger partial charge in [-0.3, -0.25) is 20.2 Å². The van der Waals surface area contributed by atoms with Crippen LogP contribution in [0.4, 0.5) is 11.4 Å². The Bertz CT molecular complexity index is 619. The van der Waals surface area contributed by atoms with Gasteiger partial charge in [0.25, 0.3) is 11.4 Å². The summed E-state index contributed by atoms with van der Waals surface area (Å²) in [6.07, 6.45) is 0. The molecule has 0 radical (unpaired) electrons. The molecule has 0 aliphatic heterocycles. The molecule has 0 N–H and O–H groups in total. The van der Waals surface area contributed by atoms with Gasteiger partial charge >= 0.3 is 0 Å². The van der Waals surface area contributed by atoms with Gasteiger partial charge < -0.3 is 0 Å². The van der Waals surface area contributed by atoms with E-state index in [1.807, 2.05) is 13.8 Å². The Morgan fingerprint density at radius 2 is 0.955 bits per heavy atom. The SMILES string of the molecule is C[C@H](c1ccc([N+](=O)[O-])cc1)[C@@H](C)c1ccc([N+](=O)[O-])cc1. The van der Waals surface area contributed by atoms with Gasteiger partial charge in [0.15, 0.2) is 0 Å². The van der Waals surface area contributed by atoms with E-state index >= 15 is 0 Å². The molecule has 0 spiro atoms. The minimum Gasteiger partial charge on any atom is -0.258 e. The third-order valence-electron chi connectivity index (χ3n) is 4.01. The average Bonchev–Trinajstić information content (AvgIpc) is 2.53. The molecular formula is C16H16N2O4. The predicted octanol–water partition coefficient (Wildman–Crippen LogP) is 4.41. The second kappa shape index (κ2) is 6.34. The largest absolute Gasteiger partial charge is 0.269 e. The van der Waals surface area contributed by atoms with Gasteiger partial charge in [0.1, 0.15) is 0 Å². The maximum absolute atomic E-state index is 10.7. The lowest BCUT2D eigenvalue weighted by molar-refractivity contribution is -0.385. The molecule has 2 rings (SSSR count). The van der Waals surface area contributed by atoms with E-state index < -0.39 is 9.85 Å². The number of non-ortho nitro benzene ring substituents is 2. The molecule has 2 aromatic carbocycles. The zero-order chi connectivity index (χ0) is 16.3. The molecule has 0 bridgehead atoms. The van der Waals surface area contributed by atoms with Crippen molar-refractivity contribution in [1.82, 2.24) is 0 Å². The van der Waals surface area contributed by atoms with Gasteiger partial charge in [0.2, 0.25) is 0 Å². The highest BCUT2D eigenvalue weighted by atomic mass is 16.6. The van der Waals surface area contributed by atoms with Crippen molar-refractivity contribution in [2.24, 2.45) is 0 Å². The topological polar surface area (TPSA) is 86.3 Å². The molecule has 0 fully saturated rings. The Morgan fingerprint density at radius 3 is 1.18 bits per heavy atom. The molecule has 0 aliphatic carbocycles. The van der Waals surface area contributed by atoms with E-state index in [9.17, 15) is 20.2 Å². The van der Waals surface area contributed by atoms with Crippen molar-refractivity contribution >= 4 is 11.4 Å². The minimum atomic E-state index is -0.422. The number of nitrogens with zero attached hydrogens (tertiary/aromatic N) is 2. The molecule has 0 heterocycles. The van der Waals surface area contributed by atoms with Crippen LogP contribution in [0.3, 0.4) is 0 Å². The number of hydrogen-bond donors (Lipinski definition) is 0. The van der Waals surface area contributed by atoms with Crippen LogP contribution in [0.15, 0.2) is 48.5 Å². The number of nitro groups is 2. The number of nitro benzene ring substituents is 2. The van der Waals surface area contributed by atoms with Crippen LogP contribution in [-0.2, 0) is 0 Å². The Kier molecular flexibility index (Phi) is 4.50. The summed E-state index contributed by atoms with van der Waals surface area (Å²) in [4.78, 5) is 20.5. The van der Waals surface area contributed by atoms with Crippen molar-refractivity contribution in [2.75, 3.05) is 0 Å². The van der Waals surface area contributed by atoms with E-state index in [4.69, 9.17) is 0 Å². The Hall–Kier alpha value is -2.76. The Labute approximate surface area is 127 Å². The quantitative estimate of drug-likeness (QED) is 0.604. The normalized spacial score (nSPS) is 13.4. The molecule has 2 aromatic rings. The van der Waals surface area contributed by atoms with Gasteiger partial charge in [-0.05, 0) is 23.0 Å². The van der Waals surface area contributed by atoms with Gasteiger partial charge in [0, 0.05) is 24.3 Å². The van der Waals surface area contributed by atoms with Gasteiger partial charge in [-0.15, -0.1) is 0 Å². The highest BCUT2D eigenvalue weighted by Gasteiger charge is 2.18. The fraction of sp³-hybridized carbons (Fsp3) is 0.250. The van der Waals surface area contributed by atoms with E-state index in [1.165, 1.54) is 24.3 Å². The summed E-state index contributed by atoms with van der Waals surface area (Å²) in [5, 5.41) is 21.3. The summed E-state index contributed by atoms with van der Waals surface area (Å²) in [5.74, 6) is 0.282. The molecule has 2 atom stereocenters. The molecule has 0 amide bonds. The van der Waals surface area contributed by atoms with Crippen LogP contribution in [0, 0.1) is 20.2 Å². The van der Waals surface area contributed by atoms with Crippen LogP contribution < -0.4 is 0 Å². The van der Waals surface area contributed by atoms with E-state index in [0.29, 0.717) is 0 Å². The first-order valence-electron chi connectivity index (χ1n) is 6.89. The highest BCUT2D eigenvalue weighted by Crippen LogP contribution is 2.33. The third kappa shape index (κ3) is 3.28. The van der Waals surface area contributed by atoms with Gasteiger partial charge in [-0.1, -0.05) is 38.1 Å². The fourth-order valence-electron chi connectivity index (χ4n) is 2.38. The highest BCUT2D eigenvalue weighted by molar-refractivity contribution is 5.38. The number of benzene rings is 2. The van der Waals surface area contributed by atoms with Gasteiger partial charge in [-0.2, -0.15) is 0 Å². The molecule has 0 aliphatic rings.